The molecule has 0 radical (unpaired) electrons. The summed E-state index contributed by atoms with van der Waals surface area (Å²) in [7, 11) is 0. The van der Waals surface area contributed by atoms with Crippen molar-refractivity contribution in [3.63, 3.8) is 0 Å². The Balaban J connectivity index is 4.48. The van der Waals surface area contributed by atoms with Crippen LogP contribution in [0.5, 0.6) is 0 Å². The maximum absolute atomic E-state index is 11.9. The summed E-state index contributed by atoms with van der Waals surface area (Å²) in [5.74, 6) is -3.15. The van der Waals surface area contributed by atoms with Crippen LogP contribution in [0.1, 0.15) is 74.7 Å². The highest BCUT2D eigenvalue weighted by Crippen LogP contribution is 2.11. The molecule has 0 saturated heterocycles. The summed E-state index contributed by atoms with van der Waals surface area (Å²) < 4.78 is 20.2. The van der Waals surface area contributed by atoms with Crippen molar-refractivity contribution < 1.29 is 38.1 Å². The van der Waals surface area contributed by atoms with Crippen LogP contribution in [0.25, 0.3) is 0 Å². The third-order valence-corrected chi connectivity index (χ3v) is 3.40. The Morgan fingerprint density at radius 3 is 1.16 bits per heavy atom. The minimum atomic E-state index is -1.03. The number of esters is 4. The third kappa shape index (κ3) is 14.0. The number of carbonyl (C=O) groups is 4. The minimum Gasteiger partial charge on any atom is -0.460 e. The zero-order valence-corrected chi connectivity index (χ0v) is 19.5. The lowest BCUT2D eigenvalue weighted by Crippen LogP contribution is -2.32. The van der Waals surface area contributed by atoms with Crippen LogP contribution in [0, 0.1) is 10.8 Å². The molecule has 0 aromatic rings. The molecule has 31 heavy (non-hydrogen) atoms. The Bertz CT molecular complexity index is 656. The number of rotatable bonds is 10. The molecule has 0 aliphatic rings. The summed E-state index contributed by atoms with van der Waals surface area (Å²) in [6, 6.07) is 0. The van der Waals surface area contributed by atoms with E-state index in [0.29, 0.717) is 0 Å². The fourth-order valence-electron chi connectivity index (χ4n) is 2.09. The SMILES string of the molecule is C[C@@H](OC(=O)CC(=O)O[C@H](C)C(=N)CC(=O)OC(C)(C)C)C(=N)CC(=O)OC(C)(C)C. The lowest BCUT2D eigenvalue weighted by molar-refractivity contribution is -0.158. The van der Waals surface area contributed by atoms with Crippen LogP contribution in [0.3, 0.4) is 0 Å². The maximum Gasteiger partial charge on any atom is 0.317 e. The normalized spacial score (nSPS) is 13.4. The molecule has 10 nitrogen and oxygen atoms in total. The van der Waals surface area contributed by atoms with Gasteiger partial charge in [0.25, 0.3) is 0 Å². The van der Waals surface area contributed by atoms with Gasteiger partial charge in [-0.15, -0.1) is 0 Å². The molecule has 0 aliphatic heterocycles. The van der Waals surface area contributed by atoms with Crippen molar-refractivity contribution in [2.75, 3.05) is 0 Å². The zero-order valence-electron chi connectivity index (χ0n) is 19.5. The molecule has 0 aliphatic carbocycles. The van der Waals surface area contributed by atoms with E-state index in [4.69, 9.17) is 29.8 Å². The van der Waals surface area contributed by atoms with Crippen LogP contribution in [0.4, 0.5) is 0 Å². The third-order valence-electron chi connectivity index (χ3n) is 3.40. The average Bonchev–Trinajstić information content (AvgIpc) is 2.49. The van der Waals surface area contributed by atoms with Crippen LogP contribution in [-0.4, -0.2) is 58.7 Å². The molecule has 0 rings (SSSR count). The van der Waals surface area contributed by atoms with Gasteiger partial charge >= 0.3 is 23.9 Å². The van der Waals surface area contributed by atoms with Gasteiger partial charge in [0.2, 0.25) is 0 Å². The van der Waals surface area contributed by atoms with Crippen LogP contribution >= 0.6 is 0 Å². The van der Waals surface area contributed by atoms with E-state index < -0.39 is 53.7 Å². The first-order chi connectivity index (χ1) is 13.9. The highest BCUT2D eigenvalue weighted by molar-refractivity contribution is 6.02. The maximum atomic E-state index is 11.9. The van der Waals surface area contributed by atoms with Gasteiger partial charge in [-0.3, -0.25) is 19.2 Å². The molecule has 0 amide bonds. The summed E-state index contributed by atoms with van der Waals surface area (Å²) in [4.78, 5) is 47.3. The van der Waals surface area contributed by atoms with Gasteiger partial charge < -0.3 is 29.8 Å². The minimum absolute atomic E-state index is 0.177. The van der Waals surface area contributed by atoms with Crippen molar-refractivity contribution in [3.8, 4) is 0 Å². The average molecular weight is 443 g/mol. The molecule has 2 N–H and O–H groups in total. The lowest BCUT2D eigenvalue weighted by Gasteiger charge is -2.21. The Labute approximate surface area is 183 Å². The summed E-state index contributed by atoms with van der Waals surface area (Å²) in [6.07, 6.45) is -3.51. The first-order valence-corrected chi connectivity index (χ1v) is 9.87. The van der Waals surface area contributed by atoms with Crippen LogP contribution in [0.2, 0.25) is 0 Å². The van der Waals surface area contributed by atoms with Crippen molar-refractivity contribution in [1.29, 1.82) is 10.8 Å². The summed E-state index contributed by atoms with van der Waals surface area (Å²) >= 11 is 0. The van der Waals surface area contributed by atoms with Crippen molar-refractivity contribution >= 4 is 35.3 Å². The van der Waals surface area contributed by atoms with Crippen molar-refractivity contribution in [3.05, 3.63) is 0 Å². The van der Waals surface area contributed by atoms with E-state index in [9.17, 15) is 19.2 Å². The van der Waals surface area contributed by atoms with Gasteiger partial charge in [-0.2, -0.15) is 0 Å². The van der Waals surface area contributed by atoms with E-state index in [1.807, 2.05) is 0 Å². The van der Waals surface area contributed by atoms with Gasteiger partial charge in [-0.05, 0) is 55.4 Å². The van der Waals surface area contributed by atoms with E-state index in [2.05, 4.69) is 0 Å². The van der Waals surface area contributed by atoms with Crippen molar-refractivity contribution in [2.24, 2.45) is 0 Å². The summed E-state index contributed by atoms with van der Waals surface area (Å²) in [5.41, 5.74) is -1.75. The molecule has 0 heterocycles. The molecule has 0 unspecified atom stereocenters. The molecule has 0 aromatic carbocycles. The van der Waals surface area contributed by atoms with E-state index >= 15 is 0 Å². The second kappa shape index (κ2) is 11.6. The quantitative estimate of drug-likeness (QED) is 0.227. The van der Waals surface area contributed by atoms with Gasteiger partial charge in [-0.1, -0.05) is 0 Å². The molecular formula is C21H34N2O8. The number of hydrogen-bond acceptors (Lipinski definition) is 10. The standard InChI is InChI=1S/C21H34N2O8/c1-12(14(22)9-18(26)30-20(3,4)5)28-16(24)11-17(25)29-13(2)15(23)10-19(27)31-21(6,7)8/h12-13,22-23H,9-11H2,1-8H3/t12-,13-/m1/s1. The van der Waals surface area contributed by atoms with Gasteiger partial charge in [-0.25, -0.2) is 0 Å². The van der Waals surface area contributed by atoms with Gasteiger partial charge in [0.05, 0.1) is 24.3 Å². The van der Waals surface area contributed by atoms with Crippen molar-refractivity contribution in [1.82, 2.24) is 0 Å². The predicted octanol–water partition coefficient (Wildman–Crippen LogP) is 2.74. The summed E-state index contributed by atoms with van der Waals surface area (Å²) in [5, 5.41) is 15.7. The molecule has 2 atom stereocenters. The number of carbonyl (C=O) groups excluding carboxylic acids is 4. The fraction of sp³-hybridized carbons (Fsp3) is 0.714. The first kappa shape index (κ1) is 28.2. The molecule has 0 fully saturated rings. The van der Waals surface area contributed by atoms with E-state index in [1.165, 1.54) is 13.8 Å². The second-order valence-corrected chi connectivity index (χ2v) is 9.02. The molecule has 0 aromatic heterocycles. The number of nitrogens with one attached hydrogen (secondary N) is 2. The largest absolute Gasteiger partial charge is 0.460 e. The Kier molecular flexibility index (Phi) is 10.5. The molecular weight excluding hydrogens is 408 g/mol. The molecule has 0 saturated carbocycles. The predicted molar refractivity (Wildman–Crippen MR) is 112 cm³/mol. The van der Waals surface area contributed by atoms with E-state index in [0.717, 1.165) is 0 Å². The Morgan fingerprint density at radius 2 is 0.903 bits per heavy atom. The van der Waals surface area contributed by atoms with E-state index in [-0.39, 0.29) is 24.3 Å². The highest BCUT2D eigenvalue weighted by atomic mass is 16.6. The Morgan fingerprint density at radius 1 is 0.613 bits per heavy atom. The van der Waals surface area contributed by atoms with Crippen molar-refractivity contribution in [2.45, 2.75) is 98.1 Å². The van der Waals surface area contributed by atoms with Crippen LogP contribution < -0.4 is 0 Å². The molecule has 176 valence electrons. The van der Waals surface area contributed by atoms with Gasteiger partial charge in [0.15, 0.2) is 0 Å². The van der Waals surface area contributed by atoms with Gasteiger partial charge in [0, 0.05) is 0 Å². The summed E-state index contributed by atoms with van der Waals surface area (Å²) in [6.45, 7) is 12.9. The van der Waals surface area contributed by atoms with Crippen LogP contribution in [0.15, 0.2) is 0 Å². The fourth-order valence-corrected chi connectivity index (χ4v) is 2.09. The monoisotopic (exact) mass is 442 g/mol. The van der Waals surface area contributed by atoms with E-state index in [1.54, 1.807) is 41.5 Å². The highest BCUT2D eigenvalue weighted by Gasteiger charge is 2.25. The number of hydrogen-bond donors (Lipinski definition) is 2. The Hall–Kier alpha value is -2.78. The van der Waals surface area contributed by atoms with Crippen LogP contribution in [-0.2, 0) is 38.1 Å². The first-order valence-electron chi connectivity index (χ1n) is 9.87. The van der Waals surface area contributed by atoms with Gasteiger partial charge in [0.1, 0.15) is 29.8 Å². The molecule has 0 spiro atoms. The number of ether oxygens (including phenoxy) is 4. The smallest absolute Gasteiger partial charge is 0.317 e. The molecule has 0 bridgehead atoms. The molecule has 10 heteroatoms. The lowest BCUT2D eigenvalue weighted by atomic mass is 10.1. The second-order valence-electron chi connectivity index (χ2n) is 9.02. The zero-order chi connectivity index (χ0) is 24.6. The topological polar surface area (TPSA) is 153 Å².